The standard InChI is InChI=1S/C11H13BrN4/c12-10-4-2-1-3-9(10)7-13-6-5-11-14-8-15-16-11/h1-4,8,13H,5-7H2,(H,14,15,16). The zero-order chi connectivity index (χ0) is 11.2. The van der Waals surface area contributed by atoms with Crippen LogP contribution in [0.4, 0.5) is 0 Å². The Hall–Kier alpha value is -1.20. The van der Waals surface area contributed by atoms with Crippen LogP contribution < -0.4 is 5.32 Å². The van der Waals surface area contributed by atoms with E-state index in [4.69, 9.17) is 0 Å². The third kappa shape index (κ3) is 3.15. The van der Waals surface area contributed by atoms with E-state index in [1.54, 1.807) is 0 Å². The normalized spacial score (nSPS) is 10.6. The number of aromatic nitrogens is 3. The van der Waals surface area contributed by atoms with Crippen molar-refractivity contribution in [3.63, 3.8) is 0 Å². The molecule has 0 aliphatic carbocycles. The molecule has 5 heteroatoms. The van der Waals surface area contributed by atoms with Gasteiger partial charge in [-0.25, -0.2) is 4.98 Å². The molecule has 0 fully saturated rings. The van der Waals surface area contributed by atoms with Crippen LogP contribution in [0, 0.1) is 0 Å². The fourth-order valence-corrected chi connectivity index (χ4v) is 1.85. The largest absolute Gasteiger partial charge is 0.312 e. The molecule has 0 aliphatic heterocycles. The van der Waals surface area contributed by atoms with Crippen molar-refractivity contribution in [1.29, 1.82) is 0 Å². The first-order valence-electron chi connectivity index (χ1n) is 5.14. The lowest BCUT2D eigenvalue weighted by atomic mass is 10.2. The molecule has 1 aromatic carbocycles. The van der Waals surface area contributed by atoms with Gasteiger partial charge in [-0.05, 0) is 11.6 Å². The maximum absolute atomic E-state index is 4.06. The number of nitrogens with one attached hydrogen (secondary N) is 2. The topological polar surface area (TPSA) is 53.6 Å². The van der Waals surface area contributed by atoms with Crippen LogP contribution in [-0.2, 0) is 13.0 Å². The second kappa shape index (κ2) is 5.77. The van der Waals surface area contributed by atoms with E-state index in [-0.39, 0.29) is 0 Å². The molecule has 2 rings (SSSR count). The maximum atomic E-state index is 4.06. The fraction of sp³-hybridized carbons (Fsp3) is 0.273. The van der Waals surface area contributed by atoms with Gasteiger partial charge >= 0.3 is 0 Å². The Bertz CT molecular complexity index is 427. The first kappa shape index (κ1) is 11.3. The van der Waals surface area contributed by atoms with Crippen molar-refractivity contribution >= 4 is 15.9 Å². The summed E-state index contributed by atoms with van der Waals surface area (Å²) in [6, 6.07) is 8.21. The number of aromatic amines is 1. The molecule has 0 saturated carbocycles. The minimum Gasteiger partial charge on any atom is -0.312 e. The highest BCUT2D eigenvalue weighted by Gasteiger charge is 1.98. The smallest absolute Gasteiger partial charge is 0.137 e. The van der Waals surface area contributed by atoms with Crippen molar-refractivity contribution < 1.29 is 0 Å². The van der Waals surface area contributed by atoms with Gasteiger partial charge in [-0.15, -0.1) is 0 Å². The number of hydrogen-bond donors (Lipinski definition) is 2. The van der Waals surface area contributed by atoms with Crippen LogP contribution in [0.2, 0.25) is 0 Å². The van der Waals surface area contributed by atoms with Gasteiger partial charge in [0.2, 0.25) is 0 Å². The lowest BCUT2D eigenvalue weighted by Gasteiger charge is -2.05. The van der Waals surface area contributed by atoms with Gasteiger partial charge in [-0.1, -0.05) is 34.1 Å². The minimum absolute atomic E-state index is 0.857. The molecule has 0 spiro atoms. The summed E-state index contributed by atoms with van der Waals surface area (Å²) < 4.78 is 1.14. The van der Waals surface area contributed by atoms with Crippen molar-refractivity contribution in [3.05, 3.63) is 46.5 Å². The molecule has 0 bridgehead atoms. The number of halogens is 1. The van der Waals surface area contributed by atoms with E-state index in [1.807, 2.05) is 18.2 Å². The summed E-state index contributed by atoms with van der Waals surface area (Å²) in [5.41, 5.74) is 1.26. The Morgan fingerprint density at radius 3 is 2.94 bits per heavy atom. The monoisotopic (exact) mass is 280 g/mol. The van der Waals surface area contributed by atoms with E-state index in [9.17, 15) is 0 Å². The lowest BCUT2D eigenvalue weighted by Crippen LogP contribution is -2.17. The molecular weight excluding hydrogens is 268 g/mol. The molecule has 84 valence electrons. The minimum atomic E-state index is 0.857. The predicted octanol–water partition coefficient (Wildman–Crippen LogP) is 1.90. The van der Waals surface area contributed by atoms with Gasteiger partial charge in [0.15, 0.2) is 0 Å². The van der Waals surface area contributed by atoms with Gasteiger partial charge in [-0.3, -0.25) is 5.10 Å². The van der Waals surface area contributed by atoms with Crippen molar-refractivity contribution in [3.8, 4) is 0 Å². The van der Waals surface area contributed by atoms with Crippen LogP contribution in [0.1, 0.15) is 11.4 Å². The van der Waals surface area contributed by atoms with Crippen LogP contribution in [0.5, 0.6) is 0 Å². The summed E-state index contributed by atoms with van der Waals surface area (Å²) in [5.74, 6) is 0.916. The molecular formula is C11H13BrN4. The lowest BCUT2D eigenvalue weighted by molar-refractivity contribution is 0.670. The molecule has 1 aromatic heterocycles. The molecule has 0 amide bonds. The van der Waals surface area contributed by atoms with Crippen molar-refractivity contribution in [2.45, 2.75) is 13.0 Å². The van der Waals surface area contributed by atoms with Gasteiger partial charge in [0.1, 0.15) is 12.2 Å². The molecule has 1 heterocycles. The Kier molecular flexibility index (Phi) is 4.07. The molecule has 0 unspecified atom stereocenters. The molecule has 2 N–H and O–H groups in total. The number of benzene rings is 1. The zero-order valence-corrected chi connectivity index (χ0v) is 10.4. The Morgan fingerprint density at radius 2 is 2.19 bits per heavy atom. The summed E-state index contributed by atoms with van der Waals surface area (Å²) in [7, 11) is 0. The van der Waals surface area contributed by atoms with Gasteiger partial charge in [0.05, 0.1) is 0 Å². The average Bonchev–Trinajstić information content (AvgIpc) is 2.79. The van der Waals surface area contributed by atoms with Gasteiger partial charge in [-0.2, -0.15) is 5.10 Å². The van der Waals surface area contributed by atoms with E-state index in [0.717, 1.165) is 29.8 Å². The first-order chi connectivity index (χ1) is 7.86. The van der Waals surface area contributed by atoms with E-state index in [2.05, 4.69) is 42.5 Å². The third-order valence-corrected chi connectivity index (χ3v) is 3.05. The second-order valence-electron chi connectivity index (χ2n) is 3.45. The summed E-state index contributed by atoms with van der Waals surface area (Å²) in [5, 5.41) is 10.0. The summed E-state index contributed by atoms with van der Waals surface area (Å²) in [6.07, 6.45) is 2.40. The summed E-state index contributed by atoms with van der Waals surface area (Å²) in [4.78, 5) is 4.06. The maximum Gasteiger partial charge on any atom is 0.137 e. The molecule has 0 radical (unpaired) electrons. The van der Waals surface area contributed by atoms with Crippen LogP contribution in [-0.4, -0.2) is 21.7 Å². The van der Waals surface area contributed by atoms with Gasteiger partial charge in [0.25, 0.3) is 0 Å². The fourth-order valence-electron chi connectivity index (χ4n) is 1.42. The first-order valence-corrected chi connectivity index (χ1v) is 5.94. The SMILES string of the molecule is Brc1ccccc1CNCCc1ncn[nH]1. The third-order valence-electron chi connectivity index (χ3n) is 2.28. The molecule has 0 saturated heterocycles. The number of H-pyrrole nitrogens is 1. The molecule has 0 aliphatic rings. The Morgan fingerprint density at radius 1 is 1.31 bits per heavy atom. The van der Waals surface area contributed by atoms with Crippen LogP contribution in [0.15, 0.2) is 35.1 Å². The predicted molar refractivity (Wildman–Crippen MR) is 65.9 cm³/mol. The van der Waals surface area contributed by atoms with E-state index >= 15 is 0 Å². The van der Waals surface area contributed by atoms with Gasteiger partial charge in [0, 0.05) is 24.0 Å². The van der Waals surface area contributed by atoms with Crippen molar-refractivity contribution in [1.82, 2.24) is 20.5 Å². The average molecular weight is 281 g/mol. The molecule has 0 atom stereocenters. The number of hydrogen-bond acceptors (Lipinski definition) is 3. The van der Waals surface area contributed by atoms with Crippen LogP contribution in [0.25, 0.3) is 0 Å². The summed E-state index contributed by atoms with van der Waals surface area (Å²) >= 11 is 3.52. The Labute approximate surface area is 103 Å². The van der Waals surface area contributed by atoms with E-state index in [1.165, 1.54) is 11.9 Å². The quantitative estimate of drug-likeness (QED) is 0.823. The molecule has 2 aromatic rings. The second-order valence-corrected chi connectivity index (χ2v) is 4.30. The number of rotatable bonds is 5. The van der Waals surface area contributed by atoms with E-state index < -0.39 is 0 Å². The highest BCUT2D eigenvalue weighted by atomic mass is 79.9. The van der Waals surface area contributed by atoms with Crippen molar-refractivity contribution in [2.75, 3.05) is 6.54 Å². The molecule has 4 nitrogen and oxygen atoms in total. The van der Waals surface area contributed by atoms with Gasteiger partial charge < -0.3 is 5.32 Å². The van der Waals surface area contributed by atoms with Crippen LogP contribution >= 0.6 is 15.9 Å². The molecule has 16 heavy (non-hydrogen) atoms. The highest BCUT2D eigenvalue weighted by molar-refractivity contribution is 9.10. The van der Waals surface area contributed by atoms with Crippen molar-refractivity contribution in [2.24, 2.45) is 0 Å². The highest BCUT2D eigenvalue weighted by Crippen LogP contribution is 2.15. The Balaban J connectivity index is 1.74. The van der Waals surface area contributed by atoms with Crippen LogP contribution in [0.3, 0.4) is 0 Å². The zero-order valence-electron chi connectivity index (χ0n) is 8.78. The summed E-state index contributed by atoms with van der Waals surface area (Å²) in [6.45, 7) is 1.74. The number of nitrogens with zero attached hydrogens (tertiary/aromatic N) is 2. The van der Waals surface area contributed by atoms with E-state index in [0.29, 0.717) is 0 Å².